The summed E-state index contributed by atoms with van der Waals surface area (Å²) in [6.07, 6.45) is 0. The summed E-state index contributed by atoms with van der Waals surface area (Å²) in [6.45, 7) is -0.702. The Morgan fingerprint density at radius 3 is 2.67 bits per heavy atom. The smallest absolute Gasteiger partial charge is 0.357 e. The lowest BCUT2D eigenvalue weighted by atomic mass is 10.2. The lowest BCUT2D eigenvalue weighted by Crippen LogP contribution is -2.30. The molecule has 24 heavy (non-hydrogen) atoms. The fourth-order valence-corrected chi connectivity index (χ4v) is 1.74. The molecule has 1 aromatic heterocycles. The van der Waals surface area contributed by atoms with Crippen molar-refractivity contribution in [2.45, 2.75) is 0 Å². The first-order chi connectivity index (χ1) is 11.4. The normalized spacial score (nSPS) is 9.79. The van der Waals surface area contributed by atoms with Gasteiger partial charge in [0.2, 0.25) is 0 Å². The summed E-state index contributed by atoms with van der Waals surface area (Å²) in [6, 6.07) is 8.14. The van der Waals surface area contributed by atoms with Gasteiger partial charge in [0.1, 0.15) is 11.8 Å². The number of hydrogen-bond donors (Lipinski definition) is 4. The van der Waals surface area contributed by atoms with Crippen LogP contribution in [0.4, 0.5) is 11.4 Å². The predicted octanol–water partition coefficient (Wildman–Crippen LogP) is -0.687. The molecule has 1 aromatic carbocycles. The average Bonchev–Trinajstić information content (AvgIpc) is 2.56. The van der Waals surface area contributed by atoms with Gasteiger partial charge in [-0.15, -0.1) is 0 Å². The lowest BCUT2D eigenvalue weighted by Gasteiger charge is -2.08. The molecule has 0 aliphatic rings. The molecule has 2 rings (SSSR count). The van der Waals surface area contributed by atoms with Gasteiger partial charge in [-0.05, 0) is 12.1 Å². The van der Waals surface area contributed by atoms with Crippen molar-refractivity contribution in [3.05, 3.63) is 56.4 Å². The van der Waals surface area contributed by atoms with Crippen LogP contribution in [0.2, 0.25) is 0 Å². The van der Waals surface area contributed by atoms with Crippen molar-refractivity contribution >= 4 is 23.3 Å². The number of anilines is 2. The SMILES string of the molecule is N#Cc1ccccc1NC(=O)COC(=O)c1[nH]c(=O)[nH]c(=O)c1N. The molecular weight excluding hydrogens is 318 g/mol. The summed E-state index contributed by atoms with van der Waals surface area (Å²) in [4.78, 5) is 49.8. The second kappa shape index (κ2) is 6.93. The number of nitrogens with two attached hydrogens (primary N) is 1. The Bertz CT molecular complexity index is 953. The van der Waals surface area contributed by atoms with Gasteiger partial charge in [-0.1, -0.05) is 12.1 Å². The third-order valence-electron chi connectivity index (χ3n) is 2.84. The molecule has 0 atom stereocenters. The van der Waals surface area contributed by atoms with E-state index in [1.54, 1.807) is 12.1 Å². The lowest BCUT2D eigenvalue weighted by molar-refractivity contribution is -0.119. The second-order valence-electron chi connectivity index (χ2n) is 4.48. The molecule has 0 aliphatic heterocycles. The molecule has 0 saturated heterocycles. The van der Waals surface area contributed by atoms with Gasteiger partial charge in [0.05, 0.1) is 11.3 Å². The van der Waals surface area contributed by atoms with Crippen LogP contribution in [0.15, 0.2) is 33.9 Å². The molecule has 0 bridgehead atoms. The highest BCUT2D eigenvalue weighted by molar-refractivity contribution is 5.97. The van der Waals surface area contributed by atoms with Crippen LogP contribution in [-0.2, 0) is 9.53 Å². The number of amides is 1. The van der Waals surface area contributed by atoms with Crippen LogP contribution < -0.4 is 22.3 Å². The summed E-state index contributed by atoms with van der Waals surface area (Å²) in [5.74, 6) is -1.85. The van der Waals surface area contributed by atoms with Gasteiger partial charge in [-0.25, -0.2) is 9.59 Å². The summed E-state index contributed by atoms with van der Waals surface area (Å²) in [5, 5.41) is 11.3. The van der Waals surface area contributed by atoms with Crippen LogP contribution in [0.1, 0.15) is 16.1 Å². The highest BCUT2D eigenvalue weighted by atomic mass is 16.5. The Kier molecular flexibility index (Phi) is 4.76. The number of benzene rings is 1. The van der Waals surface area contributed by atoms with Gasteiger partial charge in [-0.3, -0.25) is 19.6 Å². The predicted molar refractivity (Wildman–Crippen MR) is 82.2 cm³/mol. The number of nitriles is 1. The van der Waals surface area contributed by atoms with Crippen molar-refractivity contribution in [1.82, 2.24) is 9.97 Å². The van der Waals surface area contributed by atoms with Crippen molar-refractivity contribution in [3.63, 3.8) is 0 Å². The van der Waals surface area contributed by atoms with E-state index in [1.165, 1.54) is 12.1 Å². The molecule has 0 saturated carbocycles. The zero-order valence-electron chi connectivity index (χ0n) is 12.1. The third kappa shape index (κ3) is 3.66. The van der Waals surface area contributed by atoms with Crippen molar-refractivity contribution in [1.29, 1.82) is 5.26 Å². The van der Waals surface area contributed by atoms with E-state index in [2.05, 4.69) is 10.1 Å². The maximum absolute atomic E-state index is 11.8. The van der Waals surface area contributed by atoms with Gasteiger partial charge in [0, 0.05) is 0 Å². The number of aromatic nitrogens is 2. The third-order valence-corrected chi connectivity index (χ3v) is 2.84. The van der Waals surface area contributed by atoms with Crippen LogP contribution in [-0.4, -0.2) is 28.5 Å². The van der Waals surface area contributed by atoms with Gasteiger partial charge in [-0.2, -0.15) is 5.26 Å². The molecule has 2 aromatic rings. The summed E-state index contributed by atoms with van der Waals surface area (Å²) in [7, 11) is 0. The fourth-order valence-electron chi connectivity index (χ4n) is 1.74. The number of carbonyl (C=O) groups is 2. The molecule has 1 amide bonds. The highest BCUT2D eigenvalue weighted by Crippen LogP contribution is 2.13. The summed E-state index contributed by atoms with van der Waals surface area (Å²) >= 11 is 0. The maximum Gasteiger partial charge on any atom is 0.357 e. The van der Waals surface area contributed by atoms with E-state index in [1.807, 2.05) is 16.0 Å². The molecule has 10 heteroatoms. The van der Waals surface area contributed by atoms with Crippen LogP contribution in [0.3, 0.4) is 0 Å². The molecule has 5 N–H and O–H groups in total. The number of H-pyrrole nitrogens is 2. The Morgan fingerprint density at radius 2 is 1.96 bits per heavy atom. The number of carbonyl (C=O) groups excluding carboxylic acids is 2. The minimum Gasteiger partial charge on any atom is -0.451 e. The van der Waals surface area contributed by atoms with E-state index in [-0.39, 0.29) is 11.3 Å². The van der Waals surface area contributed by atoms with E-state index >= 15 is 0 Å². The fraction of sp³-hybridized carbons (Fsp3) is 0.0714. The van der Waals surface area contributed by atoms with Gasteiger partial charge in [0.25, 0.3) is 11.5 Å². The van der Waals surface area contributed by atoms with Crippen molar-refractivity contribution in [2.24, 2.45) is 0 Å². The minimum atomic E-state index is -1.14. The van der Waals surface area contributed by atoms with Crippen LogP contribution in [0, 0.1) is 11.3 Å². The monoisotopic (exact) mass is 329 g/mol. The first-order valence-electron chi connectivity index (χ1n) is 6.50. The first-order valence-corrected chi connectivity index (χ1v) is 6.50. The summed E-state index contributed by atoms with van der Waals surface area (Å²) < 4.78 is 4.69. The zero-order valence-corrected chi connectivity index (χ0v) is 12.1. The minimum absolute atomic E-state index is 0.236. The van der Waals surface area contributed by atoms with Crippen LogP contribution in [0.25, 0.3) is 0 Å². The Hall–Kier alpha value is -3.87. The molecule has 122 valence electrons. The molecule has 0 spiro atoms. The number of nitrogen functional groups attached to an aromatic ring is 1. The number of nitrogens with zero attached hydrogens (tertiary/aromatic N) is 1. The molecule has 0 fully saturated rings. The number of nitrogens with one attached hydrogen (secondary N) is 3. The molecule has 0 unspecified atom stereocenters. The maximum atomic E-state index is 11.8. The standard InChI is InChI=1S/C14H11N5O5/c15-5-7-3-1-2-4-8(7)17-9(20)6-24-13(22)11-10(16)12(21)19-14(23)18-11/h1-4H,6,16H2,(H,17,20)(H2,18,19,21,23). The summed E-state index contributed by atoms with van der Waals surface area (Å²) in [5.41, 5.74) is 2.90. The number of ether oxygens (including phenoxy) is 1. The van der Waals surface area contributed by atoms with Gasteiger partial charge in [0.15, 0.2) is 12.3 Å². The molecule has 0 radical (unpaired) electrons. The molecular formula is C14H11N5O5. The van der Waals surface area contributed by atoms with E-state index in [0.29, 0.717) is 0 Å². The molecule has 1 heterocycles. The number of aromatic amines is 2. The van der Waals surface area contributed by atoms with Crippen LogP contribution >= 0.6 is 0 Å². The largest absolute Gasteiger partial charge is 0.451 e. The van der Waals surface area contributed by atoms with E-state index < -0.39 is 41.1 Å². The number of para-hydroxylation sites is 1. The Labute approximate surface area is 133 Å². The van der Waals surface area contributed by atoms with Gasteiger partial charge < -0.3 is 15.8 Å². The van der Waals surface area contributed by atoms with E-state index in [9.17, 15) is 19.2 Å². The Morgan fingerprint density at radius 1 is 1.25 bits per heavy atom. The quantitative estimate of drug-likeness (QED) is 0.537. The van der Waals surface area contributed by atoms with Gasteiger partial charge >= 0.3 is 11.7 Å². The Balaban J connectivity index is 2.05. The zero-order chi connectivity index (χ0) is 17.7. The topological polar surface area (TPSA) is 171 Å². The first kappa shape index (κ1) is 16.5. The van der Waals surface area contributed by atoms with E-state index in [0.717, 1.165) is 0 Å². The number of hydrogen-bond acceptors (Lipinski definition) is 7. The van der Waals surface area contributed by atoms with Crippen molar-refractivity contribution in [2.75, 3.05) is 17.7 Å². The van der Waals surface area contributed by atoms with Crippen molar-refractivity contribution < 1.29 is 14.3 Å². The average molecular weight is 329 g/mol. The molecule has 10 nitrogen and oxygen atoms in total. The van der Waals surface area contributed by atoms with Crippen molar-refractivity contribution in [3.8, 4) is 6.07 Å². The molecule has 0 aliphatic carbocycles. The highest BCUT2D eigenvalue weighted by Gasteiger charge is 2.17. The number of esters is 1. The number of rotatable bonds is 4. The van der Waals surface area contributed by atoms with E-state index in [4.69, 9.17) is 11.0 Å². The second-order valence-corrected chi connectivity index (χ2v) is 4.48. The van der Waals surface area contributed by atoms with Crippen LogP contribution in [0.5, 0.6) is 0 Å².